The molecule has 2 heterocycles. The third kappa shape index (κ3) is 3.70. The molecule has 0 bridgehead atoms. The Balaban J connectivity index is 2.27. The van der Waals surface area contributed by atoms with Crippen LogP contribution in [0.25, 0.3) is 0 Å². The van der Waals surface area contributed by atoms with Gasteiger partial charge < -0.3 is 9.64 Å². The smallest absolute Gasteiger partial charge is 0.358 e. The van der Waals surface area contributed by atoms with Gasteiger partial charge in [-0.25, -0.2) is 18.2 Å². The highest BCUT2D eigenvalue weighted by Gasteiger charge is 2.35. The molecular weight excluding hydrogens is 320 g/mol. The van der Waals surface area contributed by atoms with Crippen LogP contribution in [0, 0.1) is 5.92 Å². The van der Waals surface area contributed by atoms with Gasteiger partial charge in [0, 0.05) is 35.8 Å². The number of nitrogens with zero attached hydrogens (tertiary/aromatic N) is 2. The fourth-order valence-electron chi connectivity index (χ4n) is 2.28. The highest BCUT2D eigenvalue weighted by Crippen LogP contribution is 2.28. The van der Waals surface area contributed by atoms with Crippen LogP contribution in [0.3, 0.4) is 0 Å². The molecule has 0 radical (unpaired) electrons. The average molecular weight is 333 g/mol. The number of methoxy groups -OCH3 is 1. The Kier molecular flexibility index (Phi) is 4.48. The summed E-state index contributed by atoms with van der Waals surface area (Å²) in [5.41, 5.74) is 0.326. The maximum absolute atomic E-state index is 12.0. The van der Waals surface area contributed by atoms with Gasteiger partial charge in [0.1, 0.15) is 0 Å². The first-order chi connectivity index (χ1) is 9.81. The summed E-state index contributed by atoms with van der Waals surface area (Å²) >= 11 is 0. The van der Waals surface area contributed by atoms with E-state index >= 15 is 0 Å². The topological polar surface area (TPSA) is 93.6 Å². The van der Waals surface area contributed by atoms with E-state index in [1.54, 1.807) is 12.1 Å². The highest BCUT2D eigenvalue weighted by atomic mass is 35.7. The molecule has 0 aromatic carbocycles. The van der Waals surface area contributed by atoms with E-state index in [-0.39, 0.29) is 30.3 Å². The van der Waals surface area contributed by atoms with Crippen molar-refractivity contribution in [2.24, 2.45) is 5.92 Å². The molecule has 1 atom stereocenters. The molecule has 1 fully saturated rings. The number of halogens is 1. The molecule has 1 aromatic rings. The number of anilines is 1. The second-order valence-electron chi connectivity index (χ2n) is 4.64. The van der Waals surface area contributed by atoms with Crippen LogP contribution in [0.15, 0.2) is 18.3 Å². The van der Waals surface area contributed by atoms with Crippen LogP contribution in [0.2, 0.25) is 0 Å². The minimum absolute atomic E-state index is 0.0164. The van der Waals surface area contributed by atoms with Gasteiger partial charge in [-0.1, -0.05) is 0 Å². The monoisotopic (exact) mass is 332 g/mol. The standard InChI is InChI=1S/C12H13ClN2O5S/c1-20-12(17)11-9(3-2-4-14-11)15-6-8(5-10(15)16)7-21(13,18)19/h2-4,8H,5-7H2,1H3. The summed E-state index contributed by atoms with van der Waals surface area (Å²) in [5.74, 6) is -1.64. The lowest BCUT2D eigenvalue weighted by Gasteiger charge is -2.18. The third-order valence-electron chi connectivity index (χ3n) is 3.10. The fourth-order valence-corrected chi connectivity index (χ4v) is 3.60. The lowest BCUT2D eigenvalue weighted by molar-refractivity contribution is -0.117. The minimum atomic E-state index is -3.68. The zero-order valence-corrected chi connectivity index (χ0v) is 12.7. The van der Waals surface area contributed by atoms with Crippen molar-refractivity contribution in [3.05, 3.63) is 24.0 Å². The third-order valence-corrected chi connectivity index (χ3v) is 4.34. The lowest BCUT2D eigenvalue weighted by Crippen LogP contribution is -2.27. The fraction of sp³-hybridized carbons (Fsp3) is 0.417. The Morgan fingerprint density at radius 1 is 1.57 bits per heavy atom. The van der Waals surface area contributed by atoms with Crippen molar-refractivity contribution >= 4 is 37.3 Å². The van der Waals surface area contributed by atoms with Crippen molar-refractivity contribution in [1.82, 2.24) is 4.98 Å². The molecule has 1 saturated heterocycles. The first-order valence-corrected chi connectivity index (χ1v) is 8.55. The van der Waals surface area contributed by atoms with E-state index in [4.69, 9.17) is 10.7 Å². The second kappa shape index (κ2) is 5.98. The number of esters is 1. The van der Waals surface area contributed by atoms with E-state index < -0.39 is 20.9 Å². The maximum Gasteiger partial charge on any atom is 0.358 e. The maximum atomic E-state index is 12.0. The predicted octanol–water partition coefficient (Wildman–Crippen LogP) is 0.790. The zero-order valence-electron chi connectivity index (χ0n) is 11.2. The van der Waals surface area contributed by atoms with Crippen LogP contribution in [0.5, 0.6) is 0 Å². The minimum Gasteiger partial charge on any atom is -0.464 e. The quantitative estimate of drug-likeness (QED) is 0.597. The van der Waals surface area contributed by atoms with E-state index in [9.17, 15) is 18.0 Å². The van der Waals surface area contributed by atoms with Gasteiger partial charge in [0.05, 0.1) is 18.6 Å². The predicted molar refractivity (Wildman–Crippen MR) is 75.7 cm³/mol. The van der Waals surface area contributed by atoms with Crippen LogP contribution in [-0.2, 0) is 18.6 Å². The Hall–Kier alpha value is -1.67. The molecule has 0 aliphatic carbocycles. The van der Waals surface area contributed by atoms with E-state index in [1.165, 1.54) is 18.2 Å². The Labute approximate surface area is 126 Å². The van der Waals surface area contributed by atoms with Crippen molar-refractivity contribution in [3.8, 4) is 0 Å². The molecule has 1 amide bonds. The molecule has 114 valence electrons. The molecule has 1 unspecified atom stereocenters. The molecule has 21 heavy (non-hydrogen) atoms. The lowest BCUT2D eigenvalue weighted by atomic mass is 10.1. The highest BCUT2D eigenvalue weighted by molar-refractivity contribution is 8.13. The molecule has 0 N–H and O–H groups in total. The van der Waals surface area contributed by atoms with E-state index in [0.29, 0.717) is 5.69 Å². The van der Waals surface area contributed by atoms with Crippen molar-refractivity contribution < 1.29 is 22.7 Å². The van der Waals surface area contributed by atoms with Gasteiger partial charge in [0.25, 0.3) is 0 Å². The number of rotatable bonds is 4. The van der Waals surface area contributed by atoms with Gasteiger partial charge in [-0.15, -0.1) is 0 Å². The van der Waals surface area contributed by atoms with Gasteiger partial charge in [-0.2, -0.15) is 0 Å². The number of aromatic nitrogens is 1. The molecule has 1 aliphatic rings. The van der Waals surface area contributed by atoms with Crippen LogP contribution in [0.1, 0.15) is 16.9 Å². The number of carbonyl (C=O) groups excluding carboxylic acids is 2. The van der Waals surface area contributed by atoms with Crippen molar-refractivity contribution in [1.29, 1.82) is 0 Å². The van der Waals surface area contributed by atoms with Crippen LogP contribution >= 0.6 is 10.7 Å². The van der Waals surface area contributed by atoms with Crippen molar-refractivity contribution in [2.45, 2.75) is 6.42 Å². The molecule has 1 aromatic heterocycles. The SMILES string of the molecule is COC(=O)c1ncccc1N1CC(CS(=O)(=O)Cl)CC1=O. The molecule has 7 nitrogen and oxygen atoms in total. The van der Waals surface area contributed by atoms with E-state index in [1.807, 2.05) is 0 Å². The molecular formula is C12H13ClN2O5S. The number of amides is 1. The molecule has 2 rings (SSSR count). The Bertz CT molecular complexity index is 676. The summed E-state index contributed by atoms with van der Waals surface area (Å²) in [5, 5.41) is 0. The number of hydrogen-bond donors (Lipinski definition) is 0. The molecule has 0 saturated carbocycles. The Morgan fingerprint density at radius 2 is 2.29 bits per heavy atom. The van der Waals surface area contributed by atoms with Gasteiger partial charge >= 0.3 is 5.97 Å². The van der Waals surface area contributed by atoms with E-state index in [2.05, 4.69) is 9.72 Å². The molecule has 0 spiro atoms. The number of carbonyl (C=O) groups is 2. The first-order valence-electron chi connectivity index (χ1n) is 6.08. The number of ether oxygens (including phenoxy) is 1. The van der Waals surface area contributed by atoms with Crippen LogP contribution < -0.4 is 4.90 Å². The van der Waals surface area contributed by atoms with Gasteiger partial charge in [-0.05, 0) is 12.1 Å². The zero-order chi connectivity index (χ0) is 15.6. The largest absolute Gasteiger partial charge is 0.464 e. The molecule has 1 aliphatic heterocycles. The summed E-state index contributed by atoms with van der Waals surface area (Å²) < 4.78 is 26.8. The molecule has 9 heteroatoms. The normalized spacial score (nSPS) is 18.9. The summed E-state index contributed by atoms with van der Waals surface area (Å²) in [4.78, 5) is 29.0. The van der Waals surface area contributed by atoms with E-state index in [0.717, 1.165) is 0 Å². The van der Waals surface area contributed by atoms with Crippen LogP contribution in [0.4, 0.5) is 5.69 Å². The summed E-state index contributed by atoms with van der Waals surface area (Å²) in [6.07, 6.45) is 1.47. The van der Waals surface area contributed by atoms with Gasteiger partial charge in [-0.3, -0.25) is 4.79 Å². The average Bonchev–Trinajstić information content (AvgIpc) is 2.76. The summed E-state index contributed by atoms with van der Waals surface area (Å²) in [6.45, 7) is 0.167. The van der Waals surface area contributed by atoms with Crippen molar-refractivity contribution in [3.63, 3.8) is 0 Å². The number of pyridine rings is 1. The number of hydrogen-bond acceptors (Lipinski definition) is 6. The summed E-state index contributed by atoms with van der Waals surface area (Å²) in [7, 11) is 2.75. The second-order valence-corrected chi connectivity index (χ2v) is 7.46. The summed E-state index contributed by atoms with van der Waals surface area (Å²) in [6, 6.07) is 3.15. The van der Waals surface area contributed by atoms with Gasteiger partial charge in [0.2, 0.25) is 15.0 Å². The van der Waals surface area contributed by atoms with Crippen LogP contribution in [-0.4, -0.2) is 44.7 Å². The Morgan fingerprint density at radius 3 is 2.90 bits per heavy atom. The van der Waals surface area contributed by atoms with Gasteiger partial charge in [0.15, 0.2) is 5.69 Å². The first kappa shape index (κ1) is 15.7. The van der Waals surface area contributed by atoms with Crippen molar-refractivity contribution in [2.75, 3.05) is 24.3 Å².